The molecule has 2 aromatic rings. The monoisotopic (exact) mass is 582 g/mol. The highest BCUT2D eigenvalue weighted by Gasteiger charge is 2.15. The van der Waals surface area contributed by atoms with Crippen molar-refractivity contribution in [1.29, 1.82) is 0 Å². The van der Waals surface area contributed by atoms with Gasteiger partial charge in [-0.3, -0.25) is 9.59 Å². The molecule has 4 amide bonds. The maximum Gasteiger partial charge on any atom is 0.410 e. The van der Waals surface area contributed by atoms with Gasteiger partial charge in [-0.05, 0) is 24.0 Å². The third kappa shape index (κ3) is 15.6. The van der Waals surface area contributed by atoms with Crippen molar-refractivity contribution in [3.8, 4) is 0 Å². The Morgan fingerprint density at radius 2 is 0.881 bits per heavy atom. The highest BCUT2D eigenvalue weighted by atomic mass is 16.6. The molecule has 2 rings (SSSR count). The van der Waals surface area contributed by atoms with Gasteiger partial charge in [0.25, 0.3) is 0 Å². The molecule has 0 unspecified atom stereocenters. The molecule has 230 valence electrons. The van der Waals surface area contributed by atoms with E-state index in [1.165, 1.54) is 9.80 Å². The van der Waals surface area contributed by atoms with E-state index in [-0.39, 0.29) is 38.1 Å². The topological polar surface area (TPSA) is 117 Å². The highest BCUT2D eigenvalue weighted by molar-refractivity contribution is 5.82. The van der Waals surface area contributed by atoms with E-state index in [0.717, 1.165) is 62.5 Å². The lowest BCUT2D eigenvalue weighted by atomic mass is 10.1. The van der Waals surface area contributed by atoms with Gasteiger partial charge in [-0.2, -0.15) is 0 Å². The first-order valence-electron chi connectivity index (χ1n) is 14.7. The van der Waals surface area contributed by atoms with Crippen molar-refractivity contribution in [3.63, 3.8) is 0 Å². The first-order valence-corrected chi connectivity index (χ1v) is 14.7. The zero-order chi connectivity index (χ0) is 30.4. The molecule has 0 spiro atoms. The number of hydrogen-bond acceptors (Lipinski definition) is 6. The zero-order valence-corrected chi connectivity index (χ0v) is 25.0. The summed E-state index contributed by atoms with van der Waals surface area (Å²) in [4.78, 5) is 50.8. The van der Waals surface area contributed by atoms with E-state index in [4.69, 9.17) is 9.47 Å². The highest BCUT2D eigenvalue weighted by Crippen LogP contribution is 2.08. The SMILES string of the molecule is CN(CC(=O)NCCCCCCCCCCNC(=O)CN(C)C(=O)OCc1ccccc1)C(=O)OCc1ccccc1. The van der Waals surface area contributed by atoms with E-state index < -0.39 is 12.2 Å². The van der Waals surface area contributed by atoms with Crippen LogP contribution in [0.15, 0.2) is 60.7 Å². The number of nitrogens with zero attached hydrogens (tertiary/aromatic N) is 2. The molecule has 2 aromatic carbocycles. The van der Waals surface area contributed by atoms with Crippen LogP contribution in [0.25, 0.3) is 0 Å². The van der Waals surface area contributed by atoms with Crippen LogP contribution in [0, 0.1) is 0 Å². The van der Waals surface area contributed by atoms with Gasteiger partial charge in [-0.1, -0.05) is 99.2 Å². The van der Waals surface area contributed by atoms with Crippen molar-refractivity contribution in [2.45, 2.75) is 64.6 Å². The van der Waals surface area contributed by atoms with Gasteiger partial charge in [-0.25, -0.2) is 9.59 Å². The van der Waals surface area contributed by atoms with E-state index in [2.05, 4.69) is 10.6 Å². The first-order chi connectivity index (χ1) is 20.3. The molecule has 0 saturated heterocycles. The summed E-state index contributed by atoms with van der Waals surface area (Å²) < 4.78 is 10.4. The molecule has 2 N–H and O–H groups in total. The minimum Gasteiger partial charge on any atom is -0.445 e. The van der Waals surface area contributed by atoms with Crippen molar-refractivity contribution >= 4 is 24.0 Å². The second-order valence-electron chi connectivity index (χ2n) is 10.3. The van der Waals surface area contributed by atoms with Crippen LogP contribution in [0.2, 0.25) is 0 Å². The predicted molar refractivity (Wildman–Crippen MR) is 161 cm³/mol. The number of nitrogens with one attached hydrogen (secondary N) is 2. The van der Waals surface area contributed by atoms with Crippen LogP contribution >= 0.6 is 0 Å². The number of amides is 4. The molecule has 0 aromatic heterocycles. The Morgan fingerprint density at radius 3 is 1.24 bits per heavy atom. The molecule has 10 heteroatoms. The van der Waals surface area contributed by atoms with Crippen molar-refractivity contribution < 1.29 is 28.7 Å². The fourth-order valence-corrected chi connectivity index (χ4v) is 4.10. The Labute approximate surface area is 249 Å². The van der Waals surface area contributed by atoms with Crippen LogP contribution in [-0.4, -0.2) is 74.1 Å². The Balaban J connectivity index is 1.37. The number of hydrogen-bond donors (Lipinski definition) is 2. The number of ether oxygens (including phenoxy) is 2. The van der Waals surface area contributed by atoms with Gasteiger partial charge in [0.1, 0.15) is 26.3 Å². The molecule has 0 radical (unpaired) electrons. The summed E-state index contributed by atoms with van der Waals surface area (Å²) in [6, 6.07) is 18.8. The average Bonchev–Trinajstić information content (AvgIpc) is 3.00. The number of carbonyl (C=O) groups is 4. The Hall–Kier alpha value is -4.08. The predicted octanol–water partition coefficient (Wildman–Crippen LogP) is 4.88. The summed E-state index contributed by atoms with van der Waals surface area (Å²) in [6.45, 7) is 1.46. The summed E-state index contributed by atoms with van der Waals surface area (Å²) >= 11 is 0. The quantitative estimate of drug-likeness (QED) is 0.228. The standard InChI is InChI=1S/C32H46N4O6/c1-35(31(39)41-25-27-17-11-9-12-18-27)23-29(37)33-21-15-7-5-3-4-6-8-16-22-34-30(38)24-36(2)32(40)42-26-28-19-13-10-14-20-28/h9-14,17-20H,3-8,15-16,21-26H2,1-2H3,(H,33,37)(H,34,38). The lowest BCUT2D eigenvalue weighted by Gasteiger charge is -2.16. The van der Waals surface area contributed by atoms with Gasteiger partial charge >= 0.3 is 12.2 Å². The van der Waals surface area contributed by atoms with Crippen molar-refractivity contribution in [2.75, 3.05) is 40.3 Å². The van der Waals surface area contributed by atoms with Gasteiger partial charge in [0.05, 0.1) is 0 Å². The van der Waals surface area contributed by atoms with Crippen LogP contribution < -0.4 is 10.6 Å². The molecule has 42 heavy (non-hydrogen) atoms. The zero-order valence-electron chi connectivity index (χ0n) is 25.0. The van der Waals surface area contributed by atoms with E-state index in [1.807, 2.05) is 60.7 Å². The third-order valence-corrected chi connectivity index (χ3v) is 6.54. The largest absolute Gasteiger partial charge is 0.445 e. The van der Waals surface area contributed by atoms with Gasteiger partial charge in [0, 0.05) is 27.2 Å². The molecule has 0 aliphatic carbocycles. The minimum atomic E-state index is -0.527. The van der Waals surface area contributed by atoms with Crippen LogP contribution in [0.3, 0.4) is 0 Å². The van der Waals surface area contributed by atoms with E-state index in [1.54, 1.807) is 14.1 Å². The molecule has 0 aliphatic rings. The number of carbonyl (C=O) groups excluding carboxylic acids is 4. The smallest absolute Gasteiger partial charge is 0.410 e. The summed E-state index contributed by atoms with van der Waals surface area (Å²) in [5.41, 5.74) is 1.79. The van der Waals surface area contributed by atoms with Crippen LogP contribution in [0.1, 0.15) is 62.5 Å². The molecule has 0 atom stereocenters. The van der Waals surface area contributed by atoms with Gasteiger partial charge < -0.3 is 29.9 Å². The molecule has 0 bridgehead atoms. The minimum absolute atomic E-state index is 0.0356. The number of rotatable bonds is 19. The summed E-state index contributed by atoms with van der Waals surface area (Å²) in [7, 11) is 3.10. The normalized spacial score (nSPS) is 10.4. The van der Waals surface area contributed by atoms with Gasteiger partial charge in [-0.15, -0.1) is 0 Å². The van der Waals surface area contributed by atoms with Crippen LogP contribution in [-0.2, 0) is 32.3 Å². The fourth-order valence-electron chi connectivity index (χ4n) is 4.10. The maximum absolute atomic E-state index is 12.1. The summed E-state index contributed by atoms with van der Waals surface area (Å²) in [5.74, 6) is -0.397. The van der Waals surface area contributed by atoms with E-state index in [0.29, 0.717) is 13.1 Å². The molecule has 0 saturated carbocycles. The number of benzene rings is 2. The fraction of sp³-hybridized carbons (Fsp3) is 0.500. The van der Waals surface area contributed by atoms with E-state index in [9.17, 15) is 19.2 Å². The summed E-state index contributed by atoms with van der Waals surface area (Å²) in [5, 5.41) is 5.71. The van der Waals surface area contributed by atoms with Crippen molar-refractivity contribution in [2.24, 2.45) is 0 Å². The molecule has 0 fully saturated rings. The number of likely N-dealkylation sites (N-methyl/N-ethyl adjacent to an activating group) is 2. The second kappa shape index (κ2) is 20.7. The van der Waals surface area contributed by atoms with Crippen molar-refractivity contribution in [1.82, 2.24) is 20.4 Å². The van der Waals surface area contributed by atoms with Gasteiger partial charge in [0.15, 0.2) is 0 Å². The second-order valence-corrected chi connectivity index (χ2v) is 10.3. The molecular weight excluding hydrogens is 536 g/mol. The Morgan fingerprint density at radius 1 is 0.548 bits per heavy atom. The number of unbranched alkanes of at least 4 members (excludes halogenated alkanes) is 7. The molecular formula is C32H46N4O6. The molecule has 10 nitrogen and oxygen atoms in total. The molecule has 0 heterocycles. The third-order valence-electron chi connectivity index (χ3n) is 6.54. The summed E-state index contributed by atoms with van der Waals surface area (Å²) in [6.07, 6.45) is 7.28. The molecule has 0 aliphatic heterocycles. The Kier molecular flexibility index (Phi) is 16.9. The van der Waals surface area contributed by atoms with Gasteiger partial charge in [0.2, 0.25) is 11.8 Å². The van der Waals surface area contributed by atoms with Crippen molar-refractivity contribution in [3.05, 3.63) is 71.8 Å². The lowest BCUT2D eigenvalue weighted by molar-refractivity contribution is -0.122. The first kappa shape index (κ1) is 34.1. The maximum atomic E-state index is 12.1. The van der Waals surface area contributed by atoms with E-state index >= 15 is 0 Å². The Bertz CT molecular complexity index is 982. The van der Waals surface area contributed by atoms with Crippen LogP contribution in [0.4, 0.5) is 9.59 Å². The van der Waals surface area contributed by atoms with Crippen LogP contribution in [0.5, 0.6) is 0 Å². The average molecular weight is 583 g/mol. The lowest BCUT2D eigenvalue weighted by Crippen LogP contribution is -2.38.